The van der Waals surface area contributed by atoms with Crippen molar-refractivity contribution in [3.8, 4) is 5.88 Å². The topological polar surface area (TPSA) is 79.8 Å². The van der Waals surface area contributed by atoms with E-state index in [1.807, 2.05) is 0 Å². The fraction of sp³-hybridized carbons (Fsp3) is 0.615. The number of esters is 1. The highest BCUT2D eigenvalue weighted by Crippen LogP contribution is 2.31. The van der Waals surface area contributed by atoms with E-state index in [2.05, 4.69) is 9.97 Å². The molecule has 20 heavy (non-hydrogen) atoms. The second-order valence-corrected chi connectivity index (χ2v) is 4.84. The average Bonchev–Trinajstić information content (AvgIpc) is 2.94. The van der Waals surface area contributed by atoms with Gasteiger partial charge in [0.1, 0.15) is 18.0 Å². The molecule has 108 valence electrons. The molecular formula is C13H16N2O5. The van der Waals surface area contributed by atoms with E-state index in [9.17, 15) is 4.79 Å². The van der Waals surface area contributed by atoms with Gasteiger partial charge in [-0.2, -0.15) is 4.98 Å². The summed E-state index contributed by atoms with van der Waals surface area (Å²) in [4.78, 5) is 19.2. The van der Waals surface area contributed by atoms with Crippen LogP contribution in [0.4, 0.5) is 0 Å². The minimum atomic E-state index is -0.363. The van der Waals surface area contributed by atoms with Crippen LogP contribution >= 0.6 is 0 Å². The van der Waals surface area contributed by atoms with Gasteiger partial charge in [0.05, 0.1) is 13.2 Å². The Morgan fingerprint density at radius 1 is 1.30 bits per heavy atom. The first-order valence-electron chi connectivity index (χ1n) is 6.50. The Morgan fingerprint density at radius 2 is 2.00 bits per heavy atom. The predicted octanol–water partition coefficient (Wildman–Crippen LogP) is 0.262. The van der Waals surface area contributed by atoms with Crippen molar-refractivity contribution >= 4 is 5.97 Å². The zero-order valence-corrected chi connectivity index (χ0v) is 11.3. The van der Waals surface area contributed by atoms with Gasteiger partial charge in [0.2, 0.25) is 5.88 Å². The van der Waals surface area contributed by atoms with Crippen molar-refractivity contribution in [3.63, 3.8) is 0 Å². The number of aryl methyl sites for hydroxylation is 1. The zero-order chi connectivity index (χ0) is 14.1. The fourth-order valence-corrected chi connectivity index (χ4v) is 2.50. The molecule has 0 amide bonds. The second-order valence-electron chi connectivity index (χ2n) is 4.84. The SMILES string of the molecule is CC(=O)O[C@H]1CO[C@H]2[C@@H]1OC[C@@H]2Oc1ccnc(C)n1. The van der Waals surface area contributed by atoms with Gasteiger partial charge in [-0.05, 0) is 6.92 Å². The van der Waals surface area contributed by atoms with E-state index in [4.69, 9.17) is 18.9 Å². The summed E-state index contributed by atoms with van der Waals surface area (Å²) in [5.74, 6) is 0.799. The normalized spacial score (nSPS) is 31.9. The molecule has 2 aliphatic rings. The number of fused-ring (bicyclic) bond motifs is 1. The van der Waals surface area contributed by atoms with Crippen molar-refractivity contribution in [2.45, 2.75) is 38.3 Å². The molecule has 0 aromatic carbocycles. The first kappa shape index (κ1) is 13.3. The second kappa shape index (κ2) is 5.34. The van der Waals surface area contributed by atoms with Gasteiger partial charge in [-0.15, -0.1) is 0 Å². The third-order valence-electron chi connectivity index (χ3n) is 3.30. The molecule has 1 aromatic heterocycles. The molecule has 2 saturated heterocycles. The number of carbonyl (C=O) groups excluding carboxylic acids is 1. The minimum absolute atomic E-state index is 0.241. The molecule has 3 heterocycles. The van der Waals surface area contributed by atoms with Gasteiger partial charge in [0.25, 0.3) is 0 Å². The molecule has 4 atom stereocenters. The lowest BCUT2D eigenvalue weighted by Gasteiger charge is -2.17. The van der Waals surface area contributed by atoms with Crippen molar-refractivity contribution in [1.82, 2.24) is 9.97 Å². The Balaban J connectivity index is 1.65. The van der Waals surface area contributed by atoms with E-state index in [1.165, 1.54) is 6.92 Å². The molecule has 0 bridgehead atoms. The highest BCUT2D eigenvalue weighted by molar-refractivity contribution is 5.66. The van der Waals surface area contributed by atoms with Crippen LogP contribution in [-0.4, -0.2) is 53.6 Å². The fourth-order valence-electron chi connectivity index (χ4n) is 2.50. The molecule has 0 unspecified atom stereocenters. The Labute approximate surface area is 116 Å². The van der Waals surface area contributed by atoms with Crippen molar-refractivity contribution < 1.29 is 23.7 Å². The van der Waals surface area contributed by atoms with E-state index < -0.39 is 0 Å². The Bertz CT molecular complexity index is 509. The van der Waals surface area contributed by atoms with Gasteiger partial charge in [0, 0.05) is 19.2 Å². The molecule has 2 fully saturated rings. The van der Waals surface area contributed by atoms with E-state index >= 15 is 0 Å². The van der Waals surface area contributed by atoms with Gasteiger partial charge in [-0.25, -0.2) is 4.98 Å². The number of hydrogen-bond acceptors (Lipinski definition) is 7. The maximum absolute atomic E-state index is 11.0. The smallest absolute Gasteiger partial charge is 0.303 e. The Hall–Kier alpha value is -1.73. The zero-order valence-electron chi connectivity index (χ0n) is 11.3. The van der Waals surface area contributed by atoms with Crippen molar-refractivity contribution in [2.75, 3.05) is 13.2 Å². The van der Waals surface area contributed by atoms with Crippen molar-refractivity contribution in [1.29, 1.82) is 0 Å². The average molecular weight is 280 g/mol. The summed E-state index contributed by atoms with van der Waals surface area (Å²) >= 11 is 0. The minimum Gasteiger partial charge on any atom is -0.469 e. The standard InChI is InChI=1S/C13H16N2O5/c1-7-14-4-3-11(15-7)20-10-6-18-12-9(19-8(2)16)5-17-13(10)12/h3-4,9-10,12-13H,5-6H2,1-2H3/t9-,10-,12+,13+/m0/s1. The lowest BCUT2D eigenvalue weighted by Crippen LogP contribution is -2.36. The van der Waals surface area contributed by atoms with Crippen LogP contribution in [0.25, 0.3) is 0 Å². The molecule has 7 heteroatoms. The molecule has 1 aromatic rings. The van der Waals surface area contributed by atoms with Crippen LogP contribution < -0.4 is 4.74 Å². The summed E-state index contributed by atoms with van der Waals surface area (Å²) in [7, 11) is 0. The Morgan fingerprint density at radius 3 is 2.70 bits per heavy atom. The number of ether oxygens (including phenoxy) is 4. The largest absolute Gasteiger partial charge is 0.469 e. The van der Waals surface area contributed by atoms with E-state index in [-0.39, 0.29) is 30.4 Å². The van der Waals surface area contributed by atoms with Gasteiger partial charge in [-0.1, -0.05) is 0 Å². The quantitative estimate of drug-likeness (QED) is 0.735. The van der Waals surface area contributed by atoms with Gasteiger partial charge >= 0.3 is 5.97 Å². The van der Waals surface area contributed by atoms with Crippen molar-refractivity contribution in [2.24, 2.45) is 0 Å². The van der Waals surface area contributed by atoms with Crippen LogP contribution in [0.15, 0.2) is 12.3 Å². The highest BCUT2D eigenvalue weighted by Gasteiger charge is 2.50. The van der Waals surface area contributed by atoms with Gasteiger partial charge in [0.15, 0.2) is 12.2 Å². The molecule has 0 saturated carbocycles. The summed E-state index contributed by atoms with van der Waals surface area (Å²) < 4.78 is 22.2. The first-order valence-corrected chi connectivity index (χ1v) is 6.50. The number of carbonyl (C=O) groups is 1. The summed E-state index contributed by atoms with van der Waals surface area (Å²) in [6, 6.07) is 1.69. The number of rotatable bonds is 3. The number of hydrogen-bond donors (Lipinski definition) is 0. The molecule has 0 aliphatic carbocycles. The first-order chi connectivity index (χ1) is 9.63. The van der Waals surface area contributed by atoms with E-state index in [1.54, 1.807) is 19.2 Å². The van der Waals surface area contributed by atoms with Crippen LogP contribution in [0.3, 0.4) is 0 Å². The maximum atomic E-state index is 11.0. The van der Waals surface area contributed by atoms with Crippen molar-refractivity contribution in [3.05, 3.63) is 18.1 Å². The predicted molar refractivity (Wildman–Crippen MR) is 66.2 cm³/mol. The summed E-state index contributed by atoms with van der Waals surface area (Å²) in [6.07, 6.45) is 0.511. The van der Waals surface area contributed by atoms with Crippen LogP contribution in [0.5, 0.6) is 5.88 Å². The number of nitrogens with zero attached hydrogens (tertiary/aromatic N) is 2. The molecule has 0 N–H and O–H groups in total. The van der Waals surface area contributed by atoms with Crippen LogP contribution in [0.1, 0.15) is 12.7 Å². The monoisotopic (exact) mass is 280 g/mol. The van der Waals surface area contributed by atoms with Gasteiger partial charge in [-0.3, -0.25) is 4.79 Å². The van der Waals surface area contributed by atoms with Crippen LogP contribution in [0.2, 0.25) is 0 Å². The van der Waals surface area contributed by atoms with E-state index in [0.29, 0.717) is 24.9 Å². The van der Waals surface area contributed by atoms with Crippen LogP contribution in [0, 0.1) is 6.92 Å². The summed E-state index contributed by atoms with van der Waals surface area (Å²) in [5.41, 5.74) is 0. The molecular weight excluding hydrogens is 264 g/mol. The third kappa shape index (κ3) is 2.59. The molecule has 7 nitrogen and oxygen atoms in total. The molecule has 0 radical (unpaired) electrons. The third-order valence-corrected chi connectivity index (χ3v) is 3.30. The maximum Gasteiger partial charge on any atom is 0.303 e. The van der Waals surface area contributed by atoms with Gasteiger partial charge < -0.3 is 18.9 Å². The summed E-state index contributed by atoms with van der Waals surface area (Å²) in [5, 5.41) is 0. The lowest BCUT2D eigenvalue weighted by atomic mass is 10.1. The lowest BCUT2D eigenvalue weighted by molar-refractivity contribution is -0.150. The molecule has 0 spiro atoms. The van der Waals surface area contributed by atoms with E-state index in [0.717, 1.165) is 0 Å². The van der Waals surface area contributed by atoms with Crippen LogP contribution in [-0.2, 0) is 19.0 Å². The molecule has 3 rings (SSSR count). The molecule has 2 aliphatic heterocycles. The number of aromatic nitrogens is 2. The summed E-state index contributed by atoms with van der Waals surface area (Å²) in [6.45, 7) is 3.89. The highest BCUT2D eigenvalue weighted by atomic mass is 16.7. The Kier molecular flexibility index (Phi) is 3.54.